The molecule has 1 saturated heterocycles. The Morgan fingerprint density at radius 1 is 1.09 bits per heavy atom. The predicted octanol–water partition coefficient (Wildman–Crippen LogP) is 3.26. The first-order valence-electron chi connectivity index (χ1n) is 11.4. The number of ether oxygens (including phenoxy) is 1. The number of pyridine rings is 1. The standard InChI is InChI=1S/C25H24N6O4/c32-23(19-4-2-1-3-5-19)14-20(17-30(33)34)21-16-25(29-10-12-35-13-11-29)31-24(27-21)15-22(28-31)18-6-8-26-9-7-18/h1-9,15-16,20H,10-14,17H2. The molecule has 1 aromatic carbocycles. The Labute approximate surface area is 201 Å². The van der Waals surface area contributed by atoms with Crippen LogP contribution in [0.5, 0.6) is 0 Å². The molecule has 178 valence electrons. The Kier molecular flexibility index (Phi) is 6.44. The Balaban J connectivity index is 1.58. The molecule has 0 radical (unpaired) electrons. The number of benzene rings is 1. The van der Waals surface area contributed by atoms with Gasteiger partial charge in [0.2, 0.25) is 6.54 Å². The van der Waals surface area contributed by atoms with Crippen LogP contribution in [0.2, 0.25) is 0 Å². The van der Waals surface area contributed by atoms with E-state index in [0.717, 1.165) is 17.1 Å². The topological polar surface area (TPSA) is 116 Å². The second kappa shape index (κ2) is 9.98. The summed E-state index contributed by atoms with van der Waals surface area (Å²) < 4.78 is 7.27. The van der Waals surface area contributed by atoms with Crippen molar-refractivity contribution in [2.45, 2.75) is 12.3 Å². The number of anilines is 1. The Morgan fingerprint density at radius 3 is 2.54 bits per heavy atom. The summed E-state index contributed by atoms with van der Waals surface area (Å²) in [5.74, 6) is -0.0612. The van der Waals surface area contributed by atoms with Gasteiger partial charge in [0.25, 0.3) is 0 Å². The molecule has 4 aromatic rings. The molecule has 1 atom stereocenters. The van der Waals surface area contributed by atoms with Crippen LogP contribution in [0, 0.1) is 10.1 Å². The third-order valence-electron chi connectivity index (χ3n) is 6.05. The summed E-state index contributed by atoms with van der Waals surface area (Å²) >= 11 is 0. The van der Waals surface area contributed by atoms with Crippen LogP contribution in [0.15, 0.2) is 67.0 Å². The van der Waals surface area contributed by atoms with E-state index in [-0.39, 0.29) is 17.1 Å². The van der Waals surface area contributed by atoms with Gasteiger partial charge in [0.15, 0.2) is 11.4 Å². The summed E-state index contributed by atoms with van der Waals surface area (Å²) in [7, 11) is 0. The van der Waals surface area contributed by atoms with Crippen molar-refractivity contribution in [3.8, 4) is 11.3 Å². The summed E-state index contributed by atoms with van der Waals surface area (Å²) in [6.45, 7) is 2.07. The van der Waals surface area contributed by atoms with Gasteiger partial charge in [-0.25, -0.2) is 4.98 Å². The molecule has 3 aromatic heterocycles. The first kappa shape index (κ1) is 22.6. The van der Waals surface area contributed by atoms with Crippen molar-refractivity contribution in [1.82, 2.24) is 19.6 Å². The number of carbonyl (C=O) groups excluding carboxylic acids is 1. The minimum atomic E-state index is -0.679. The first-order chi connectivity index (χ1) is 17.1. The van der Waals surface area contributed by atoms with Gasteiger partial charge in [-0.15, -0.1) is 0 Å². The quantitative estimate of drug-likeness (QED) is 0.218. The van der Waals surface area contributed by atoms with Crippen LogP contribution in [-0.4, -0.2) is 63.1 Å². The van der Waals surface area contributed by atoms with E-state index in [1.54, 1.807) is 41.2 Å². The molecule has 1 aliphatic heterocycles. The smallest absolute Gasteiger partial charge is 0.212 e. The molecule has 35 heavy (non-hydrogen) atoms. The number of morpholine rings is 1. The third kappa shape index (κ3) is 5.02. The summed E-state index contributed by atoms with van der Waals surface area (Å²) in [5.41, 5.74) is 3.20. The maximum absolute atomic E-state index is 12.9. The number of ketones is 1. The number of Topliss-reactive ketones (excluding diaryl/α,β-unsaturated/α-hetero) is 1. The Morgan fingerprint density at radius 2 is 1.83 bits per heavy atom. The lowest BCUT2D eigenvalue weighted by Gasteiger charge is -2.29. The van der Waals surface area contributed by atoms with Crippen molar-refractivity contribution in [3.63, 3.8) is 0 Å². The van der Waals surface area contributed by atoms with E-state index in [0.29, 0.717) is 43.2 Å². The number of carbonyl (C=O) groups is 1. The van der Waals surface area contributed by atoms with E-state index in [1.807, 2.05) is 30.3 Å². The van der Waals surface area contributed by atoms with Crippen LogP contribution in [-0.2, 0) is 4.74 Å². The van der Waals surface area contributed by atoms with Crippen molar-refractivity contribution in [3.05, 3.63) is 88.4 Å². The highest BCUT2D eigenvalue weighted by atomic mass is 16.6. The van der Waals surface area contributed by atoms with Crippen LogP contribution in [0.1, 0.15) is 28.4 Å². The van der Waals surface area contributed by atoms with E-state index >= 15 is 0 Å². The van der Waals surface area contributed by atoms with E-state index in [2.05, 4.69) is 9.88 Å². The molecule has 0 amide bonds. The van der Waals surface area contributed by atoms with Crippen LogP contribution in [0.4, 0.5) is 5.82 Å². The highest BCUT2D eigenvalue weighted by molar-refractivity contribution is 5.96. The molecule has 1 fully saturated rings. The van der Waals surface area contributed by atoms with Gasteiger partial charge in [-0.05, 0) is 12.1 Å². The Hall–Kier alpha value is -4.18. The molecule has 1 aliphatic rings. The molecule has 10 heteroatoms. The zero-order valence-corrected chi connectivity index (χ0v) is 19.0. The predicted molar refractivity (Wildman–Crippen MR) is 129 cm³/mol. The molecule has 0 spiro atoms. The van der Waals surface area contributed by atoms with Crippen LogP contribution < -0.4 is 4.90 Å². The normalized spacial score (nSPS) is 14.7. The Bertz CT molecular complexity index is 1340. The number of hydrogen-bond acceptors (Lipinski definition) is 8. The minimum Gasteiger partial charge on any atom is -0.378 e. The maximum atomic E-state index is 12.9. The zero-order chi connectivity index (χ0) is 24.2. The van der Waals surface area contributed by atoms with Gasteiger partial charge in [-0.2, -0.15) is 9.61 Å². The minimum absolute atomic E-state index is 0.0118. The van der Waals surface area contributed by atoms with E-state index in [4.69, 9.17) is 14.8 Å². The van der Waals surface area contributed by atoms with Gasteiger partial charge in [0.05, 0.1) is 30.5 Å². The van der Waals surface area contributed by atoms with E-state index < -0.39 is 12.5 Å². The highest BCUT2D eigenvalue weighted by Gasteiger charge is 2.27. The molecule has 0 aliphatic carbocycles. The fraction of sp³-hybridized carbons (Fsp3) is 0.280. The van der Waals surface area contributed by atoms with Gasteiger partial charge in [-0.3, -0.25) is 19.9 Å². The highest BCUT2D eigenvalue weighted by Crippen LogP contribution is 2.29. The van der Waals surface area contributed by atoms with Gasteiger partial charge < -0.3 is 9.64 Å². The molecular weight excluding hydrogens is 448 g/mol. The average Bonchev–Trinajstić information content (AvgIpc) is 3.33. The third-order valence-corrected chi connectivity index (χ3v) is 6.05. The number of rotatable bonds is 8. The molecule has 10 nitrogen and oxygen atoms in total. The molecule has 1 unspecified atom stereocenters. The maximum Gasteiger partial charge on any atom is 0.212 e. The summed E-state index contributed by atoms with van der Waals surface area (Å²) in [4.78, 5) is 35.1. The number of nitro groups is 1. The number of aromatic nitrogens is 4. The molecule has 4 heterocycles. The number of fused-ring (bicyclic) bond motifs is 1. The fourth-order valence-corrected chi connectivity index (χ4v) is 4.28. The van der Waals surface area contributed by atoms with Crippen molar-refractivity contribution in [2.24, 2.45) is 0 Å². The lowest BCUT2D eigenvalue weighted by molar-refractivity contribution is -0.483. The number of hydrogen-bond donors (Lipinski definition) is 0. The largest absolute Gasteiger partial charge is 0.378 e. The molecule has 0 bridgehead atoms. The van der Waals surface area contributed by atoms with E-state index in [9.17, 15) is 14.9 Å². The first-order valence-corrected chi connectivity index (χ1v) is 11.4. The summed E-state index contributed by atoms with van der Waals surface area (Å²) in [5, 5.41) is 16.3. The van der Waals surface area contributed by atoms with Gasteiger partial charge in [0.1, 0.15) is 5.82 Å². The van der Waals surface area contributed by atoms with Crippen molar-refractivity contribution < 1.29 is 14.5 Å². The summed E-state index contributed by atoms with van der Waals surface area (Å²) in [6, 6.07) is 16.2. The zero-order valence-electron chi connectivity index (χ0n) is 19.0. The molecule has 0 N–H and O–H groups in total. The molecule has 5 rings (SSSR count). The second-order valence-electron chi connectivity index (χ2n) is 8.38. The lowest BCUT2D eigenvalue weighted by atomic mass is 9.95. The second-order valence-corrected chi connectivity index (χ2v) is 8.38. The number of nitrogens with zero attached hydrogens (tertiary/aromatic N) is 6. The van der Waals surface area contributed by atoms with Gasteiger partial charge in [0, 0.05) is 60.1 Å². The van der Waals surface area contributed by atoms with Gasteiger partial charge >= 0.3 is 0 Å². The van der Waals surface area contributed by atoms with E-state index in [1.165, 1.54) is 0 Å². The SMILES string of the molecule is O=C(CC(C[N+](=O)[O-])c1cc(N2CCOCC2)n2nc(-c3ccncc3)cc2n1)c1ccccc1. The van der Waals surface area contributed by atoms with Crippen LogP contribution in [0.3, 0.4) is 0 Å². The summed E-state index contributed by atoms with van der Waals surface area (Å²) in [6.07, 6.45) is 3.38. The van der Waals surface area contributed by atoms with Crippen molar-refractivity contribution in [2.75, 3.05) is 37.7 Å². The van der Waals surface area contributed by atoms with Crippen molar-refractivity contribution >= 4 is 17.2 Å². The van der Waals surface area contributed by atoms with Crippen LogP contribution >= 0.6 is 0 Å². The van der Waals surface area contributed by atoms with Crippen LogP contribution in [0.25, 0.3) is 16.9 Å². The molecular formula is C25H24N6O4. The lowest BCUT2D eigenvalue weighted by Crippen LogP contribution is -2.37. The van der Waals surface area contributed by atoms with Crippen molar-refractivity contribution in [1.29, 1.82) is 0 Å². The van der Waals surface area contributed by atoms with Gasteiger partial charge in [-0.1, -0.05) is 30.3 Å². The molecule has 0 saturated carbocycles. The monoisotopic (exact) mass is 472 g/mol. The fourth-order valence-electron chi connectivity index (χ4n) is 4.28. The average molecular weight is 473 g/mol.